The highest BCUT2D eigenvalue weighted by molar-refractivity contribution is 5.81. The Morgan fingerprint density at radius 2 is 1.93 bits per heavy atom. The number of amides is 1. The van der Waals surface area contributed by atoms with Crippen LogP contribution in [0.4, 0.5) is 13.2 Å². The summed E-state index contributed by atoms with van der Waals surface area (Å²) in [5.74, 6) is -0.205. The summed E-state index contributed by atoms with van der Waals surface area (Å²) >= 11 is 0. The number of halogens is 3. The largest absolute Gasteiger partial charge is 0.423 e. The molecule has 4 rings (SSSR count). The second kappa shape index (κ2) is 7.37. The normalized spacial score (nSPS) is 24.5. The van der Waals surface area contributed by atoms with E-state index in [1.807, 2.05) is 38.1 Å². The lowest BCUT2D eigenvalue weighted by Crippen LogP contribution is -2.52. The molecular weight excluding hydrogens is 399 g/mol. The van der Waals surface area contributed by atoms with E-state index in [1.165, 1.54) is 0 Å². The van der Waals surface area contributed by atoms with Gasteiger partial charge in [0.25, 0.3) is 5.91 Å². The number of carbonyl (C=O) groups is 1. The maximum Gasteiger partial charge on any atom is 0.423 e. The van der Waals surface area contributed by atoms with E-state index in [-0.39, 0.29) is 30.3 Å². The number of likely N-dealkylation sites (tertiary alicyclic amines) is 1. The average molecular weight is 423 g/mol. The molecule has 1 aliphatic heterocycles. The molecule has 1 aromatic heterocycles. The van der Waals surface area contributed by atoms with Crippen molar-refractivity contribution in [1.82, 2.24) is 15.1 Å². The number of nitrogens with zero attached hydrogens (tertiary/aromatic N) is 3. The van der Waals surface area contributed by atoms with Crippen LogP contribution >= 0.6 is 0 Å². The van der Waals surface area contributed by atoms with Crippen molar-refractivity contribution in [3.63, 3.8) is 0 Å². The summed E-state index contributed by atoms with van der Waals surface area (Å²) in [6.45, 7) is 4.24. The van der Waals surface area contributed by atoms with E-state index < -0.39 is 18.2 Å². The van der Waals surface area contributed by atoms with Crippen molar-refractivity contribution in [1.29, 1.82) is 0 Å². The lowest BCUT2D eigenvalue weighted by Gasteiger charge is -2.40. The number of aliphatic hydroxyl groups is 1. The van der Waals surface area contributed by atoms with Gasteiger partial charge in [-0.2, -0.15) is 13.2 Å². The number of rotatable bonds is 4. The number of piperidine rings is 1. The van der Waals surface area contributed by atoms with Crippen LogP contribution in [0.1, 0.15) is 37.6 Å². The van der Waals surface area contributed by atoms with Crippen LogP contribution in [0.25, 0.3) is 11.5 Å². The summed E-state index contributed by atoms with van der Waals surface area (Å²) in [5, 5.41) is 17.8. The molecule has 1 saturated carbocycles. The fourth-order valence-corrected chi connectivity index (χ4v) is 4.59. The molecule has 3 atom stereocenters. The molecule has 0 radical (unpaired) electrons. The van der Waals surface area contributed by atoms with E-state index in [0.717, 1.165) is 28.9 Å². The van der Waals surface area contributed by atoms with Crippen molar-refractivity contribution < 1.29 is 27.5 Å². The Bertz CT molecular complexity index is 922. The third-order valence-electron chi connectivity index (χ3n) is 6.41. The minimum absolute atomic E-state index is 0.0552. The van der Waals surface area contributed by atoms with Crippen LogP contribution in [0.5, 0.6) is 0 Å². The van der Waals surface area contributed by atoms with Gasteiger partial charge < -0.3 is 14.4 Å². The molecule has 1 N–H and O–H groups in total. The van der Waals surface area contributed by atoms with Crippen molar-refractivity contribution in [2.24, 2.45) is 11.8 Å². The minimum Gasteiger partial charge on any atom is -0.420 e. The van der Waals surface area contributed by atoms with E-state index in [4.69, 9.17) is 4.42 Å². The standard InChI is InChI=1S/C21H24F3N3O3/c1-12-3-5-14(6-4-12)17-25-26-19(30-17)20(8-9-20)15-7-10-27(11-13(15)2)18(29)16(28)21(22,23)24/h3-6,13,15-16,28H,7-11H2,1-2H3/t13-,15+,16+/m1/s1. The summed E-state index contributed by atoms with van der Waals surface area (Å²) in [7, 11) is 0. The smallest absolute Gasteiger partial charge is 0.420 e. The lowest BCUT2D eigenvalue weighted by atomic mass is 9.75. The first-order valence-electron chi connectivity index (χ1n) is 10.1. The predicted octanol–water partition coefficient (Wildman–Crippen LogP) is 3.48. The molecule has 2 aliphatic rings. The minimum atomic E-state index is -4.95. The monoisotopic (exact) mass is 423 g/mol. The fraction of sp³-hybridized carbons (Fsp3) is 0.571. The van der Waals surface area contributed by atoms with Gasteiger partial charge in [0.2, 0.25) is 17.9 Å². The van der Waals surface area contributed by atoms with Crippen LogP contribution in [0.3, 0.4) is 0 Å². The van der Waals surface area contributed by atoms with Crippen LogP contribution in [0.2, 0.25) is 0 Å². The SMILES string of the molecule is Cc1ccc(-c2nnc(C3([C@H]4CCN(C(=O)[C@H](O)C(F)(F)F)C[C@H]4C)CC3)o2)cc1. The Morgan fingerprint density at radius 1 is 1.27 bits per heavy atom. The topological polar surface area (TPSA) is 79.5 Å². The molecule has 0 bridgehead atoms. The number of benzene rings is 1. The van der Waals surface area contributed by atoms with E-state index >= 15 is 0 Å². The van der Waals surface area contributed by atoms with Crippen LogP contribution in [-0.2, 0) is 10.2 Å². The number of hydrogen-bond donors (Lipinski definition) is 1. The van der Waals surface area contributed by atoms with E-state index in [9.17, 15) is 23.1 Å². The zero-order chi connectivity index (χ0) is 21.7. The molecule has 2 heterocycles. The van der Waals surface area contributed by atoms with E-state index in [0.29, 0.717) is 18.2 Å². The molecular formula is C21H24F3N3O3. The van der Waals surface area contributed by atoms with Crippen molar-refractivity contribution in [3.8, 4) is 11.5 Å². The molecule has 30 heavy (non-hydrogen) atoms. The highest BCUT2D eigenvalue weighted by Crippen LogP contribution is 2.57. The summed E-state index contributed by atoms with van der Waals surface area (Å²) in [6, 6.07) is 7.78. The number of aromatic nitrogens is 2. The quantitative estimate of drug-likeness (QED) is 0.815. The van der Waals surface area contributed by atoms with Gasteiger partial charge in [0.15, 0.2) is 0 Å². The second-order valence-corrected chi connectivity index (χ2v) is 8.54. The number of carbonyl (C=O) groups excluding carboxylic acids is 1. The molecule has 0 spiro atoms. The molecule has 1 saturated heterocycles. The Labute approximate surface area is 172 Å². The lowest BCUT2D eigenvalue weighted by molar-refractivity contribution is -0.211. The van der Waals surface area contributed by atoms with Gasteiger partial charge in [-0.25, -0.2) is 0 Å². The van der Waals surface area contributed by atoms with Gasteiger partial charge in [-0.1, -0.05) is 24.6 Å². The van der Waals surface area contributed by atoms with Gasteiger partial charge in [0.05, 0.1) is 5.41 Å². The molecule has 0 unspecified atom stereocenters. The first-order valence-corrected chi connectivity index (χ1v) is 10.1. The van der Waals surface area contributed by atoms with Gasteiger partial charge in [0.1, 0.15) is 0 Å². The van der Waals surface area contributed by atoms with E-state index in [2.05, 4.69) is 10.2 Å². The Kier molecular flexibility index (Phi) is 5.12. The van der Waals surface area contributed by atoms with E-state index in [1.54, 1.807) is 0 Å². The maximum atomic E-state index is 12.7. The van der Waals surface area contributed by atoms with Gasteiger partial charge in [-0.05, 0) is 50.2 Å². The Balaban J connectivity index is 1.48. The van der Waals surface area contributed by atoms with Crippen LogP contribution < -0.4 is 0 Å². The summed E-state index contributed by atoms with van der Waals surface area (Å²) in [5.41, 5.74) is 1.68. The first-order chi connectivity index (χ1) is 14.1. The Morgan fingerprint density at radius 3 is 2.50 bits per heavy atom. The van der Waals surface area contributed by atoms with Crippen LogP contribution in [0, 0.1) is 18.8 Å². The summed E-state index contributed by atoms with van der Waals surface area (Å²) in [4.78, 5) is 13.1. The van der Waals surface area contributed by atoms with Crippen LogP contribution in [-0.4, -0.2) is 51.5 Å². The predicted molar refractivity (Wildman–Crippen MR) is 101 cm³/mol. The van der Waals surface area contributed by atoms with Gasteiger partial charge in [-0.3, -0.25) is 4.79 Å². The van der Waals surface area contributed by atoms with Crippen molar-refractivity contribution in [2.45, 2.75) is 50.8 Å². The number of hydrogen-bond acceptors (Lipinski definition) is 5. The van der Waals surface area contributed by atoms with Crippen molar-refractivity contribution in [2.75, 3.05) is 13.1 Å². The van der Waals surface area contributed by atoms with Crippen molar-refractivity contribution in [3.05, 3.63) is 35.7 Å². The number of alkyl halides is 3. The van der Waals surface area contributed by atoms with Gasteiger partial charge >= 0.3 is 6.18 Å². The van der Waals surface area contributed by atoms with Crippen LogP contribution in [0.15, 0.2) is 28.7 Å². The zero-order valence-corrected chi connectivity index (χ0v) is 16.8. The van der Waals surface area contributed by atoms with Crippen molar-refractivity contribution >= 4 is 5.91 Å². The molecule has 1 amide bonds. The second-order valence-electron chi connectivity index (χ2n) is 8.54. The summed E-state index contributed by atoms with van der Waals surface area (Å²) in [6.07, 6.45) is -5.65. The van der Waals surface area contributed by atoms with Gasteiger partial charge in [0, 0.05) is 18.7 Å². The number of aryl methyl sites for hydroxylation is 1. The molecule has 162 valence electrons. The first kappa shape index (κ1) is 20.8. The highest BCUT2D eigenvalue weighted by atomic mass is 19.4. The number of aliphatic hydroxyl groups excluding tert-OH is 1. The molecule has 1 aliphatic carbocycles. The fourth-order valence-electron chi connectivity index (χ4n) is 4.59. The van der Waals surface area contributed by atoms with Gasteiger partial charge in [-0.15, -0.1) is 10.2 Å². The molecule has 9 heteroatoms. The molecule has 2 aromatic rings. The highest BCUT2D eigenvalue weighted by Gasteiger charge is 2.57. The zero-order valence-electron chi connectivity index (χ0n) is 16.8. The molecule has 2 fully saturated rings. The third kappa shape index (κ3) is 3.71. The molecule has 1 aromatic carbocycles. The third-order valence-corrected chi connectivity index (χ3v) is 6.41. The maximum absolute atomic E-state index is 12.7. The summed E-state index contributed by atoms with van der Waals surface area (Å²) < 4.78 is 44.1. The Hall–Kier alpha value is -2.42. The average Bonchev–Trinajstić information content (AvgIpc) is 3.35. The molecule has 6 nitrogen and oxygen atoms in total.